The number of hydrogen-bond acceptors (Lipinski definition) is 3. The maximum absolute atomic E-state index is 12.3. The lowest BCUT2D eigenvalue weighted by molar-refractivity contribution is -0.122. The third kappa shape index (κ3) is 2.83. The largest absolute Gasteiger partial charge is 0.318 e. The molecule has 1 aromatic carbocycles. The lowest BCUT2D eigenvalue weighted by Gasteiger charge is -2.09. The number of carbonyl (C=O) groups excluding carboxylic acids is 2. The number of thioether (sulfide) groups is 1. The van der Waals surface area contributed by atoms with Crippen molar-refractivity contribution in [2.45, 2.75) is 13.8 Å². The van der Waals surface area contributed by atoms with Gasteiger partial charge in [0, 0.05) is 23.6 Å². The standard InChI is InChI=1S/C19H18N2O2S/c1-4-10-20-18(22)17(24-19(20)23)12-15-11-13(2)21(14(15)3)16-8-6-5-7-9-16/h4-9,11-12H,1,10H2,2-3H3/b17-12-. The zero-order valence-electron chi connectivity index (χ0n) is 13.7. The van der Waals surface area contributed by atoms with Gasteiger partial charge in [-0.05, 0) is 55.4 Å². The maximum Gasteiger partial charge on any atom is 0.293 e. The zero-order chi connectivity index (χ0) is 17.3. The molecule has 1 aliphatic rings. The molecule has 0 bridgehead atoms. The molecule has 5 heteroatoms. The van der Waals surface area contributed by atoms with Crippen LogP contribution in [0.5, 0.6) is 0 Å². The van der Waals surface area contributed by atoms with Crippen molar-refractivity contribution in [3.8, 4) is 5.69 Å². The topological polar surface area (TPSA) is 42.3 Å². The highest BCUT2D eigenvalue weighted by Gasteiger charge is 2.34. The van der Waals surface area contributed by atoms with E-state index in [0.29, 0.717) is 4.91 Å². The van der Waals surface area contributed by atoms with Gasteiger partial charge in [-0.3, -0.25) is 14.5 Å². The molecule has 0 N–H and O–H groups in total. The molecule has 0 aliphatic carbocycles. The average Bonchev–Trinajstić information content (AvgIpc) is 2.99. The van der Waals surface area contributed by atoms with E-state index in [-0.39, 0.29) is 17.7 Å². The predicted octanol–water partition coefficient (Wildman–Crippen LogP) is 4.32. The van der Waals surface area contributed by atoms with Gasteiger partial charge in [0.25, 0.3) is 11.1 Å². The van der Waals surface area contributed by atoms with Crippen LogP contribution in [0, 0.1) is 13.8 Å². The fourth-order valence-electron chi connectivity index (χ4n) is 2.84. The van der Waals surface area contributed by atoms with E-state index >= 15 is 0 Å². The highest BCUT2D eigenvalue weighted by Crippen LogP contribution is 2.33. The lowest BCUT2D eigenvalue weighted by Crippen LogP contribution is -2.27. The number of carbonyl (C=O) groups is 2. The molecule has 2 aromatic rings. The number of amides is 2. The number of rotatable bonds is 4. The molecule has 2 amide bonds. The number of benzene rings is 1. The van der Waals surface area contributed by atoms with E-state index < -0.39 is 0 Å². The van der Waals surface area contributed by atoms with Crippen LogP contribution in [0.3, 0.4) is 0 Å². The Morgan fingerprint density at radius 1 is 1.17 bits per heavy atom. The normalized spacial score (nSPS) is 16.2. The number of nitrogens with zero attached hydrogens (tertiary/aromatic N) is 2. The Kier molecular flexibility index (Phi) is 4.44. The van der Waals surface area contributed by atoms with Gasteiger partial charge < -0.3 is 4.57 Å². The van der Waals surface area contributed by atoms with Crippen LogP contribution < -0.4 is 0 Å². The molecule has 3 rings (SSSR count). The number of aromatic nitrogens is 1. The molecule has 0 atom stereocenters. The first-order valence-corrected chi connectivity index (χ1v) is 8.45. The van der Waals surface area contributed by atoms with Crippen LogP contribution in [0.1, 0.15) is 17.0 Å². The molecule has 1 aliphatic heterocycles. The minimum absolute atomic E-state index is 0.241. The van der Waals surface area contributed by atoms with E-state index in [1.807, 2.05) is 50.2 Å². The van der Waals surface area contributed by atoms with E-state index in [2.05, 4.69) is 11.1 Å². The van der Waals surface area contributed by atoms with Crippen LogP contribution in [0.2, 0.25) is 0 Å². The van der Waals surface area contributed by atoms with Crippen molar-refractivity contribution in [2.24, 2.45) is 0 Å². The Balaban J connectivity index is 1.99. The Labute approximate surface area is 145 Å². The van der Waals surface area contributed by atoms with Crippen molar-refractivity contribution < 1.29 is 9.59 Å². The molecule has 0 radical (unpaired) electrons. The molecule has 122 valence electrons. The second kappa shape index (κ2) is 6.53. The molecule has 24 heavy (non-hydrogen) atoms. The van der Waals surface area contributed by atoms with Gasteiger partial charge in [0.15, 0.2) is 0 Å². The Bertz CT molecular complexity index is 850. The van der Waals surface area contributed by atoms with Crippen molar-refractivity contribution in [1.82, 2.24) is 9.47 Å². The summed E-state index contributed by atoms with van der Waals surface area (Å²) >= 11 is 0.978. The summed E-state index contributed by atoms with van der Waals surface area (Å²) in [4.78, 5) is 25.9. The predicted molar refractivity (Wildman–Crippen MR) is 98.1 cm³/mol. The van der Waals surface area contributed by atoms with Crippen molar-refractivity contribution in [3.05, 3.63) is 70.9 Å². The van der Waals surface area contributed by atoms with Crippen LogP contribution in [-0.4, -0.2) is 27.2 Å². The first-order valence-electron chi connectivity index (χ1n) is 7.63. The molecular weight excluding hydrogens is 320 g/mol. The Morgan fingerprint density at radius 2 is 1.88 bits per heavy atom. The summed E-state index contributed by atoms with van der Waals surface area (Å²) in [5.74, 6) is -0.255. The molecule has 0 saturated carbocycles. The van der Waals surface area contributed by atoms with Crippen molar-refractivity contribution in [2.75, 3.05) is 6.54 Å². The molecule has 0 unspecified atom stereocenters. The summed E-state index contributed by atoms with van der Waals surface area (Å²) in [5.41, 5.74) is 4.14. The SMILES string of the molecule is C=CCN1C(=O)S/C(=C\c2cc(C)n(-c3ccccc3)c2C)C1=O. The fourth-order valence-corrected chi connectivity index (χ4v) is 3.68. The van der Waals surface area contributed by atoms with Crippen LogP contribution >= 0.6 is 11.8 Å². The quantitative estimate of drug-likeness (QED) is 0.616. The van der Waals surface area contributed by atoms with Gasteiger partial charge in [-0.15, -0.1) is 6.58 Å². The molecule has 1 aromatic heterocycles. The Hall–Kier alpha value is -2.53. The van der Waals surface area contributed by atoms with Crippen molar-refractivity contribution in [1.29, 1.82) is 0 Å². The minimum atomic E-state index is -0.255. The number of para-hydroxylation sites is 1. The van der Waals surface area contributed by atoms with Crippen LogP contribution in [0.4, 0.5) is 4.79 Å². The summed E-state index contributed by atoms with van der Waals surface area (Å²) in [6.07, 6.45) is 3.36. The molecule has 0 spiro atoms. The number of aryl methyl sites for hydroxylation is 1. The van der Waals surface area contributed by atoms with E-state index in [1.54, 1.807) is 12.2 Å². The van der Waals surface area contributed by atoms with E-state index in [1.165, 1.54) is 4.90 Å². The van der Waals surface area contributed by atoms with Crippen LogP contribution in [-0.2, 0) is 4.79 Å². The van der Waals surface area contributed by atoms with Crippen molar-refractivity contribution >= 4 is 29.0 Å². The second-order valence-electron chi connectivity index (χ2n) is 5.58. The van der Waals surface area contributed by atoms with Gasteiger partial charge in [0.1, 0.15) is 0 Å². The minimum Gasteiger partial charge on any atom is -0.318 e. The third-order valence-corrected chi connectivity index (χ3v) is 4.86. The van der Waals surface area contributed by atoms with Crippen LogP contribution in [0.15, 0.2) is 54.0 Å². The highest BCUT2D eigenvalue weighted by molar-refractivity contribution is 8.18. The van der Waals surface area contributed by atoms with Gasteiger partial charge in [0.2, 0.25) is 0 Å². The number of imide groups is 1. The molecule has 2 heterocycles. The van der Waals surface area contributed by atoms with E-state index in [0.717, 1.165) is 34.4 Å². The van der Waals surface area contributed by atoms with Gasteiger partial charge in [-0.25, -0.2) is 0 Å². The van der Waals surface area contributed by atoms with E-state index in [4.69, 9.17) is 0 Å². The summed E-state index contributed by atoms with van der Waals surface area (Å²) in [6, 6.07) is 12.1. The van der Waals surface area contributed by atoms with Gasteiger partial charge >= 0.3 is 0 Å². The Morgan fingerprint density at radius 3 is 2.54 bits per heavy atom. The summed E-state index contributed by atoms with van der Waals surface area (Å²) in [6.45, 7) is 7.87. The van der Waals surface area contributed by atoms with Gasteiger partial charge in [-0.1, -0.05) is 24.3 Å². The summed E-state index contributed by atoms with van der Waals surface area (Å²) < 4.78 is 2.14. The lowest BCUT2D eigenvalue weighted by atomic mass is 10.2. The molecule has 1 fully saturated rings. The zero-order valence-corrected chi connectivity index (χ0v) is 14.5. The highest BCUT2D eigenvalue weighted by atomic mass is 32.2. The summed E-state index contributed by atoms with van der Waals surface area (Å²) in [5, 5.41) is -0.247. The first kappa shape index (κ1) is 16.3. The molecular formula is C19H18N2O2S. The smallest absolute Gasteiger partial charge is 0.293 e. The van der Waals surface area contributed by atoms with Gasteiger partial charge in [-0.2, -0.15) is 0 Å². The van der Waals surface area contributed by atoms with Crippen LogP contribution in [0.25, 0.3) is 11.8 Å². The number of hydrogen-bond donors (Lipinski definition) is 0. The fraction of sp³-hybridized carbons (Fsp3) is 0.158. The van der Waals surface area contributed by atoms with E-state index in [9.17, 15) is 9.59 Å². The third-order valence-electron chi connectivity index (χ3n) is 3.96. The molecule has 4 nitrogen and oxygen atoms in total. The first-order chi connectivity index (χ1) is 11.5. The molecule has 1 saturated heterocycles. The maximum atomic E-state index is 12.3. The monoisotopic (exact) mass is 338 g/mol. The second-order valence-corrected chi connectivity index (χ2v) is 6.57. The van der Waals surface area contributed by atoms with Gasteiger partial charge in [0.05, 0.1) is 4.91 Å². The summed E-state index contributed by atoms with van der Waals surface area (Å²) in [7, 11) is 0. The van der Waals surface area contributed by atoms with Crippen molar-refractivity contribution in [3.63, 3.8) is 0 Å². The average molecular weight is 338 g/mol.